The van der Waals surface area contributed by atoms with E-state index in [-0.39, 0.29) is 18.0 Å². The molecule has 1 amide bonds. The topological polar surface area (TPSA) is 76.3 Å². The van der Waals surface area contributed by atoms with E-state index < -0.39 is 11.7 Å². The van der Waals surface area contributed by atoms with Crippen molar-refractivity contribution >= 4 is 16.9 Å². The number of carbonyl (C=O) groups excluding carboxylic acids is 1. The minimum Gasteiger partial charge on any atom is -0.339 e. The van der Waals surface area contributed by atoms with Gasteiger partial charge >= 0.3 is 6.18 Å². The smallest absolute Gasteiger partial charge is 0.339 e. The zero-order chi connectivity index (χ0) is 22.2. The Morgan fingerprint density at radius 2 is 1.77 bits per heavy atom. The second-order valence-corrected chi connectivity index (χ2v) is 7.53. The molecule has 0 atom stereocenters. The van der Waals surface area contributed by atoms with Crippen molar-refractivity contribution in [2.45, 2.75) is 19.3 Å². The Bertz CT molecular complexity index is 1140. The van der Waals surface area contributed by atoms with Gasteiger partial charge < -0.3 is 4.90 Å². The molecule has 1 aromatic carbocycles. The molecule has 0 spiro atoms. The second kappa shape index (κ2) is 8.14. The molecule has 0 bridgehead atoms. The van der Waals surface area contributed by atoms with Crippen LogP contribution in [-0.4, -0.2) is 61.2 Å². The van der Waals surface area contributed by atoms with Gasteiger partial charge in [-0.3, -0.25) is 23.7 Å². The van der Waals surface area contributed by atoms with Crippen LogP contribution in [0.2, 0.25) is 0 Å². The summed E-state index contributed by atoms with van der Waals surface area (Å²) in [6.07, 6.45) is -1.56. The Balaban J connectivity index is 1.33. The first-order valence-corrected chi connectivity index (χ1v) is 9.76. The molecule has 11 heteroatoms. The van der Waals surface area contributed by atoms with Gasteiger partial charge in [0, 0.05) is 39.8 Å². The summed E-state index contributed by atoms with van der Waals surface area (Å²) < 4.78 is 40.8. The zero-order valence-corrected chi connectivity index (χ0v) is 16.8. The first-order valence-electron chi connectivity index (χ1n) is 9.76. The molecule has 3 heterocycles. The highest BCUT2D eigenvalue weighted by Crippen LogP contribution is 2.29. The zero-order valence-electron chi connectivity index (χ0n) is 16.8. The van der Waals surface area contributed by atoms with E-state index in [2.05, 4.69) is 15.0 Å². The number of piperazine rings is 1. The monoisotopic (exact) mass is 434 g/mol. The van der Waals surface area contributed by atoms with Crippen LogP contribution in [0.5, 0.6) is 0 Å². The summed E-state index contributed by atoms with van der Waals surface area (Å²) in [6.45, 7) is 2.58. The summed E-state index contributed by atoms with van der Waals surface area (Å²) in [6, 6.07) is 5.13. The summed E-state index contributed by atoms with van der Waals surface area (Å²) in [5.41, 5.74) is 0.272. The number of alkyl halides is 3. The van der Waals surface area contributed by atoms with Crippen molar-refractivity contribution in [2.75, 3.05) is 26.2 Å². The second-order valence-electron chi connectivity index (χ2n) is 7.53. The highest BCUT2D eigenvalue weighted by Gasteiger charge is 2.30. The third-order valence-electron chi connectivity index (χ3n) is 5.44. The summed E-state index contributed by atoms with van der Waals surface area (Å²) in [4.78, 5) is 33.1. The van der Waals surface area contributed by atoms with Gasteiger partial charge in [-0.2, -0.15) is 18.3 Å². The van der Waals surface area contributed by atoms with Crippen molar-refractivity contribution in [2.24, 2.45) is 7.05 Å². The van der Waals surface area contributed by atoms with Crippen LogP contribution in [0.15, 0.2) is 41.6 Å². The van der Waals surface area contributed by atoms with Crippen molar-refractivity contribution in [3.8, 4) is 0 Å². The number of halogens is 3. The molecule has 2 aromatic heterocycles. The van der Waals surface area contributed by atoms with Crippen molar-refractivity contribution in [1.82, 2.24) is 29.1 Å². The molecule has 0 saturated carbocycles. The van der Waals surface area contributed by atoms with E-state index in [9.17, 15) is 22.8 Å². The number of aryl methyl sites for hydroxylation is 1. The SMILES string of the molecule is Cn1ncc2c(=O)n(CC(=O)N3CCN(Cc4ccc(C(F)(F)F)cc4)CC3)cnc21. The molecule has 1 aliphatic heterocycles. The fourth-order valence-electron chi connectivity index (χ4n) is 3.64. The molecule has 164 valence electrons. The maximum absolute atomic E-state index is 12.7. The van der Waals surface area contributed by atoms with Gasteiger partial charge in [0.25, 0.3) is 5.56 Å². The normalized spacial score (nSPS) is 15.5. The molecule has 31 heavy (non-hydrogen) atoms. The minimum absolute atomic E-state index is 0.102. The number of carbonyl (C=O) groups is 1. The Kier molecular flexibility index (Phi) is 5.52. The first kappa shape index (κ1) is 21.0. The average Bonchev–Trinajstić information content (AvgIpc) is 3.12. The molecule has 8 nitrogen and oxygen atoms in total. The molecule has 1 saturated heterocycles. The number of fused-ring (bicyclic) bond motifs is 1. The summed E-state index contributed by atoms with van der Waals surface area (Å²) in [5, 5.41) is 4.37. The van der Waals surface area contributed by atoms with Crippen LogP contribution in [0, 0.1) is 0 Å². The number of amides is 1. The molecule has 1 aliphatic rings. The van der Waals surface area contributed by atoms with Crippen LogP contribution in [0.25, 0.3) is 11.0 Å². The van der Waals surface area contributed by atoms with Crippen LogP contribution in [0.3, 0.4) is 0 Å². The van der Waals surface area contributed by atoms with Crippen LogP contribution in [-0.2, 0) is 31.1 Å². The lowest BCUT2D eigenvalue weighted by atomic mass is 10.1. The number of hydrogen-bond acceptors (Lipinski definition) is 5. The fraction of sp³-hybridized carbons (Fsp3) is 0.400. The number of benzene rings is 1. The average molecular weight is 434 g/mol. The van der Waals surface area contributed by atoms with E-state index in [1.165, 1.54) is 33.9 Å². The third kappa shape index (κ3) is 4.46. The summed E-state index contributed by atoms with van der Waals surface area (Å²) >= 11 is 0. The highest BCUT2D eigenvalue weighted by molar-refractivity contribution is 5.77. The molecule has 3 aromatic rings. The van der Waals surface area contributed by atoms with Gasteiger partial charge in [-0.1, -0.05) is 12.1 Å². The lowest BCUT2D eigenvalue weighted by molar-refractivity contribution is -0.137. The molecule has 0 aliphatic carbocycles. The molecular formula is C20H21F3N6O2. The first-order chi connectivity index (χ1) is 14.7. The van der Waals surface area contributed by atoms with Crippen LogP contribution < -0.4 is 5.56 Å². The highest BCUT2D eigenvalue weighted by atomic mass is 19.4. The van der Waals surface area contributed by atoms with Gasteiger partial charge in [0.2, 0.25) is 5.91 Å². The molecule has 0 N–H and O–H groups in total. The van der Waals surface area contributed by atoms with Crippen LogP contribution >= 0.6 is 0 Å². The molecule has 0 radical (unpaired) electrons. The van der Waals surface area contributed by atoms with Crippen LogP contribution in [0.4, 0.5) is 13.2 Å². The number of hydrogen-bond donors (Lipinski definition) is 0. The largest absolute Gasteiger partial charge is 0.416 e. The van der Waals surface area contributed by atoms with Gasteiger partial charge in [-0.25, -0.2) is 4.98 Å². The molecule has 1 fully saturated rings. The molecular weight excluding hydrogens is 413 g/mol. The Labute approximate surface area is 175 Å². The van der Waals surface area contributed by atoms with E-state index in [1.807, 2.05) is 0 Å². The molecule has 0 unspecified atom stereocenters. The summed E-state index contributed by atoms with van der Waals surface area (Å²) in [7, 11) is 1.69. The lowest BCUT2D eigenvalue weighted by Crippen LogP contribution is -2.49. The van der Waals surface area contributed by atoms with Gasteiger partial charge in [0.15, 0.2) is 5.65 Å². The van der Waals surface area contributed by atoms with Crippen molar-refractivity contribution < 1.29 is 18.0 Å². The Morgan fingerprint density at radius 3 is 2.42 bits per heavy atom. The van der Waals surface area contributed by atoms with E-state index >= 15 is 0 Å². The lowest BCUT2D eigenvalue weighted by Gasteiger charge is -2.34. The maximum atomic E-state index is 12.7. The van der Waals surface area contributed by atoms with E-state index in [0.717, 1.165) is 17.7 Å². The van der Waals surface area contributed by atoms with Gasteiger partial charge in [-0.15, -0.1) is 0 Å². The maximum Gasteiger partial charge on any atom is 0.416 e. The van der Waals surface area contributed by atoms with Crippen molar-refractivity contribution in [3.63, 3.8) is 0 Å². The predicted molar refractivity (Wildman–Crippen MR) is 106 cm³/mol. The fourth-order valence-corrected chi connectivity index (χ4v) is 3.64. The molecule has 4 rings (SSSR count). The van der Waals surface area contributed by atoms with E-state index in [0.29, 0.717) is 43.8 Å². The van der Waals surface area contributed by atoms with Crippen molar-refractivity contribution in [1.29, 1.82) is 0 Å². The van der Waals surface area contributed by atoms with E-state index in [1.54, 1.807) is 11.9 Å². The number of aromatic nitrogens is 4. The Hall–Kier alpha value is -3.21. The standard InChI is InChI=1S/C20H21F3N6O2/c1-26-18-16(10-25-26)19(31)29(13-24-18)12-17(30)28-8-6-27(7-9-28)11-14-2-4-15(5-3-14)20(21,22)23/h2-5,10,13H,6-9,11-12H2,1H3. The van der Waals surface area contributed by atoms with Crippen LogP contribution in [0.1, 0.15) is 11.1 Å². The quantitative estimate of drug-likeness (QED) is 0.622. The van der Waals surface area contributed by atoms with Crippen molar-refractivity contribution in [3.05, 3.63) is 58.3 Å². The number of nitrogens with zero attached hydrogens (tertiary/aromatic N) is 6. The summed E-state index contributed by atoms with van der Waals surface area (Å²) in [5.74, 6) is -0.179. The van der Waals surface area contributed by atoms with E-state index in [4.69, 9.17) is 0 Å². The third-order valence-corrected chi connectivity index (χ3v) is 5.44. The van der Waals surface area contributed by atoms with Gasteiger partial charge in [0.1, 0.15) is 18.3 Å². The van der Waals surface area contributed by atoms with Gasteiger partial charge in [0.05, 0.1) is 11.8 Å². The predicted octanol–water partition coefficient (Wildman–Crippen LogP) is 1.49. The minimum atomic E-state index is -4.34. The van der Waals surface area contributed by atoms with Gasteiger partial charge in [-0.05, 0) is 17.7 Å². The Morgan fingerprint density at radius 1 is 1.10 bits per heavy atom. The number of rotatable bonds is 4.